The maximum Gasteiger partial charge on any atom is 0.294 e. The van der Waals surface area contributed by atoms with E-state index in [1.165, 1.54) is 6.07 Å². The van der Waals surface area contributed by atoms with E-state index >= 15 is 0 Å². The number of nitrogens with zero attached hydrogens (tertiary/aromatic N) is 1. The zero-order chi connectivity index (χ0) is 15.9. The van der Waals surface area contributed by atoms with Gasteiger partial charge in [0.25, 0.3) is 10.1 Å². The van der Waals surface area contributed by atoms with Gasteiger partial charge in [-0.15, -0.1) is 0 Å². The minimum absolute atomic E-state index is 0.0278. The van der Waals surface area contributed by atoms with E-state index in [0.717, 1.165) is 6.54 Å². The predicted octanol–water partition coefficient (Wildman–Crippen LogP) is 3.37. The van der Waals surface area contributed by atoms with Crippen LogP contribution in [-0.4, -0.2) is 36.5 Å². The monoisotopic (exact) mass is 301 g/mol. The summed E-state index contributed by atoms with van der Waals surface area (Å²) in [6, 6.07) is 7.65. The molecule has 0 radical (unpaired) electrons. The zero-order valence-electron chi connectivity index (χ0n) is 13.3. The number of aryl methyl sites for hydroxylation is 1. The van der Waals surface area contributed by atoms with Crippen molar-refractivity contribution >= 4 is 10.1 Å². The molecule has 1 rings (SSSR count). The van der Waals surface area contributed by atoms with E-state index in [4.69, 9.17) is 4.55 Å². The van der Waals surface area contributed by atoms with Gasteiger partial charge in [0.15, 0.2) is 0 Å². The molecule has 0 spiro atoms. The van der Waals surface area contributed by atoms with Crippen molar-refractivity contribution in [1.29, 1.82) is 0 Å². The summed E-state index contributed by atoms with van der Waals surface area (Å²) in [7, 11) is -4.03. The average Bonchev–Trinajstić information content (AvgIpc) is 2.28. The molecule has 4 nitrogen and oxygen atoms in total. The van der Waals surface area contributed by atoms with Gasteiger partial charge < -0.3 is 0 Å². The molecule has 0 saturated heterocycles. The zero-order valence-corrected chi connectivity index (χ0v) is 14.1. The van der Waals surface area contributed by atoms with Crippen LogP contribution >= 0.6 is 0 Å². The molecular weight excluding hydrogens is 274 g/mol. The van der Waals surface area contributed by atoms with Gasteiger partial charge in [-0.05, 0) is 52.8 Å². The molecule has 0 amide bonds. The Labute approximate surface area is 123 Å². The van der Waals surface area contributed by atoms with Crippen LogP contribution in [0.3, 0.4) is 0 Å². The van der Waals surface area contributed by atoms with Gasteiger partial charge in [-0.1, -0.05) is 25.1 Å². The van der Waals surface area contributed by atoms with Crippen molar-refractivity contribution in [3.8, 4) is 0 Å². The fourth-order valence-corrected chi connectivity index (χ4v) is 2.90. The Hall–Kier alpha value is -0.910. The molecule has 0 atom stereocenters. The first-order valence-electron chi connectivity index (χ1n) is 6.90. The Morgan fingerprint density at radius 2 is 1.55 bits per heavy atom. The maximum absolute atomic E-state index is 10.6. The Morgan fingerprint density at radius 1 is 1.10 bits per heavy atom. The molecule has 0 aromatic heterocycles. The normalized spacial score (nSPS) is 11.7. The fraction of sp³-hybridized carbons (Fsp3) is 0.600. The SMILES string of the molecule is CCN(C(C)C)C(C)C.Cc1ccccc1S(=O)(=O)O. The molecule has 0 saturated carbocycles. The van der Waals surface area contributed by atoms with Crippen molar-refractivity contribution in [2.24, 2.45) is 0 Å². The first-order chi connectivity index (χ1) is 9.11. The highest BCUT2D eigenvalue weighted by Crippen LogP contribution is 2.12. The van der Waals surface area contributed by atoms with Gasteiger partial charge in [-0.2, -0.15) is 8.42 Å². The largest absolute Gasteiger partial charge is 0.299 e. The minimum atomic E-state index is -4.03. The standard InChI is InChI=1S/C8H19N.C7H8O3S/c1-6-9(7(2)3)8(4)5;1-6-4-2-3-5-7(6)11(8,9)10/h7-8H,6H2,1-5H3;2-5H,1H3,(H,8,9,10). The second-order valence-corrected chi connectivity index (χ2v) is 6.65. The third kappa shape index (κ3) is 6.50. The van der Waals surface area contributed by atoms with Crippen LogP contribution in [-0.2, 0) is 10.1 Å². The molecule has 0 bridgehead atoms. The van der Waals surface area contributed by atoms with Crippen molar-refractivity contribution in [1.82, 2.24) is 4.90 Å². The van der Waals surface area contributed by atoms with Crippen LogP contribution in [0.2, 0.25) is 0 Å². The van der Waals surface area contributed by atoms with E-state index < -0.39 is 10.1 Å². The molecular formula is C15H27NO3S. The van der Waals surface area contributed by atoms with Crippen LogP contribution in [0, 0.1) is 6.92 Å². The van der Waals surface area contributed by atoms with Gasteiger partial charge in [-0.3, -0.25) is 9.45 Å². The van der Waals surface area contributed by atoms with Gasteiger partial charge in [0.1, 0.15) is 0 Å². The summed E-state index contributed by atoms with van der Waals surface area (Å²) in [5, 5.41) is 0. The molecule has 0 unspecified atom stereocenters. The lowest BCUT2D eigenvalue weighted by Gasteiger charge is -2.28. The van der Waals surface area contributed by atoms with Crippen molar-refractivity contribution < 1.29 is 13.0 Å². The van der Waals surface area contributed by atoms with Crippen molar-refractivity contribution in [3.05, 3.63) is 29.8 Å². The third-order valence-electron chi connectivity index (χ3n) is 3.06. The summed E-state index contributed by atoms with van der Waals surface area (Å²) in [5.74, 6) is 0. The van der Waals surface area contributed by atoms with Crippen LogP contribution < -0.4 is 0 Å². The molecule has 0 heterocycles. The van der Waals surface area contributed by atoms with Gasteiger partial charge >= 0.3 is 0 Å². The van der Waals surface area contributed by atoms with Crippen molar-refractivity contribution in [2.75, 3.05) is 6.54 Å². The van der Waals surface area contributed by atoms with Crippen LogP contribution in [0.25, 0.3) is 0 Å². The first-order valence-corrected chi connectivity index (χ1v) is 8.34. The van der Waals surface area contributed by atoms with E-state index in [0.29, 0.717) is 17.6 Å². The van der Waals surface area contributed by atoms with Gasteiger partial charge in [-0.25, -0.2) is 0 Å². The third-order valence-corrected chi connectivity index (χ3v) is 4.08. The van der Waals surface area contributed by atoms with Crippen LogP contribution in [0.5, 0.6) is 0 Å². The highest BCUT2D eigenvalue weighted by atomic mass is 32.2. The van der Waals surface area contributed by atoms with Crippen molar-refractivity contribution in [2.45, 2.75) is 58.5 Å². The molecule has 0 fully saturated rings. The molecule has 0 aliphatic rings. The number of benzene rings is 1. The lowest BCUT2D eigenvalue weighted by atomic mass is 10.2. The lowest BCUT2D eigenvalue weighted by Crippen LogP contribution is -2.36. The fourth-order valence-electron chi connectivity index (χ4n) is 2.17. The second kappa shape index (κ2) is 8.39. The Kier molecular flexibility index (Phi) is 8.01. The second-order valence-electron chi connectivity index (χ2n) is 5.26. The molecule has 1 N–H and O–H groups in total. The predicted molar refractivity (Wildman–Crippen MR) is 83.6 cm³/mol. The summed E-state index contributed by atoms with van der Waals surface area (Å²) in [6.07, 6.45) is 0. The Bertz CT molecular complexity index is 488. The molecule has 1 aromatic carbocycles. The van der Waals surface area contributed by atoms with E-state index in [9.17, 15) is 8.42 Å². The molecule has 20 heavy (non-hydrogen) atoms. The lowest BCUT2D eigenvalue weighted by molar-refractivity contribution is 0.185. The minimum Gasteiger partial charge on any atom is -0.299 e. The van der Waals surface area contributed by atoms with Crippen LogP contribution in [0.4, 0.5) is 0 Å². The summed E-state index contributed by atoms with van der Waals surface area (Å²) in [5.41, 5.74) is 0.551. The van der Waals surface area contributed by atoms with Crippen LogP contribution in [0.15, 0.2) is 29.2 Å². The maximum atomic E-state index is 10.6. The van der Waals surface area contributed by atoms with Gasteiger partial charge in [0.2, 0.25) is 0 Å². The van der Waals surface area contributed by atoms with E-state index in [2.05, 4.69) is 39.5 Å². The van der Waals surface area contributed by atoms with E-state index in [-0.39, 0.29) is 4.90 Å². The molecule has 5 heteroatoms. The summed E-state index contributed by atoms with van der Waals surface area (Å²) in [6.45, 7) is 14.0. The summed E-state index contributed by atoms with van der Waals surface area (Å²) < 4.78 is 29.9. The molecule has 0 aliphatic carbocycles. The van der Waals surface area contributed by atoms with E-state index in [1.807, 2.05) is 0 Å². The quantitative estimate of drug-likeness (QED) is 0.866. The molecule has 0 aliphatic heterocycles. The number of hydrogen-bond acceptors (Lipinski definition) is 3. The van der Waals surface area contributed by atoms with Gasteiger partial charge in [0.05, 0.1) is 4.90 Å². The summed E-state index contributed by atoms with van der Waals surface area (Å²) in [4.78, 5) is 2.43. The molecule has 116 valence electrons. The van der Waals surface area contributed by atoms with Gasteiger partial charge in [0, 0.05) is 12.1 Å². The number of rotatable bonds is 4. The summed E-state index contributed by atoms with van der Waals surface area (Å²) >= 11 is 0. The first kappa shape index (κ1) is 19.1. The van der Waals surface area contributed by atoms with E-state index in [1.54, 1.807) is 25.1 Å². The number of hydrogen-bond donors (Lipinski definition) is 1. The van der Waals surface area contributed by atoms with Crippen molar-refractivity contribution in [3.63, 3.8) is 0 Å². The Balaban J connectivity index is 0.000000370. The topological polar surface area (TPSA) is 57.6 Å². The Morgan fingerprint density at radius 3 is 1.75 bits per heavy atom. The highest BCUT2D eigenvalue weighted by molar-refractivity contribution is 7.85. The smallest absolute Gasteiger partial charge is 0.294 e. The highest BCUT2D eigenvalue weighted by Gasteiger charge is 2.10. The molecule has 1 aromatic rings. The van der Waals surface area contributed by atoms with Crippen LogP contribution in [0.1, 0.15) is 40.2 Å². The average molecular weight is 301 g/mol.